The molecular formula is C11H16N2O4S2. The molecule has 1 saturated heterocycles. The summed E-state index contributed by atoms with van der Waals surface area (Å²) in [6.45, 7) is 4.41. The zero-order valence-corrected chi connectivity index (χ0v) is 12.3. The molecule has 0 bridgehead atoms. The third-order valence-corrected chi connectivity index (χ3v) is 5.79. The third kappa shape index (κ3) is 2.97. The Morgan fingerprint density at radius 2 is 2.32 bits per heavy atom. The van der Waals surface area contributed by atoms with E-state index in [4.69, 9.17) is 9.88 Å². The minimum absolute atomic E-state index is 0.0153. The molecule has 3 N–H and O–H groups in total. The normalized spacial score (nSPS) is 27.4. The summed E-state index contributed by atoms with van der Waals surface area (Å²) < 4.78 is 27.8. The molecular weight excluding hydrogens is 288 g/mol. The Kier molecular flexibility index (Phi) is 3.69. The first kappa shape index (κ1) is 14.4. The van der Waals surface area contributed by atoms with Crippen LogP contribution in [0.5, 0.6) is 0 Å². The molecule has 8 heteroatoms. The van der Waals surface area contributed by atoms with Crippen molar-refractivity contribution in [2.45, 2.75) is 36.1 Å². The van der Waals surface area contributed by atoms with E-state index in [9.17, 15) is 13.2 Å². The average molecular weight is 304 g/mol. The number of rotatable bonds is 3. The van der Waals surface area contributed by atoms with Crippen molar-refractivity contribution in [1.82, 2.24) is 5.32 Å². The van der Waals surface area contributed by atoms with Crippen LogP contribution in [0.15, 0.2) is 15.7 Å². The molecule has 0 saturated carbocycles. The van der Waals surface area contributed by atoms with Crippen LogP contribution in [-0.4, -0.2) is 32.6 Å². The van der Waals surface area contributed by atoms with E-state index in [1.165, 1.54) is 11.4 Å². The number of carbonyl (C=O) groups excluding carboxylic acids is 1. The van der Waals surface area contributed by atoms with E-state index in [1.54, 1.807) is 0 Å². The van der Waals surface area contributed by atoms with Gasteiger partial charge < -0.3 is 10.1 Å². The number of amides is 1. The van der Waals surface area contributed by atoms with Crippen molar-refractivity contribution in [3.63, 3.8) is 0 Å². The molecule has 19 heavy (non-hydrogen) atoms. The summed E-state index contributed by atoms with van der Waals surface area (Å²) >= 11 is 0.937. The third-order valence-electron chi connectivity index (χ3n) is 3.40. The van der Waals surface area contributed by atoms with E-state index >= 15 is 0 Å². The van der Waals surface area contributed by atoms with E-state index in [-0.39, 0.29) is 16.2 Å². The SMILES string of the molecule is CC1OCCC1(C)NC(=O)c1csc(S(N)(=O)=O)c1. The van der Waals surface area contributed by atoms with Crippen LogP contribution >= 0.6 is 11.3 Å². The number of carbonyl (C=O) groups is 1. The van der Waals surface area contributed by atoms with E-state index in [0.717, 1.165) is 17.8 Å². The second-order valence-electron chi connectivity index (χ2n) is 4.83. The lowest BCUT2D eigenvalue weighted by Gasteiger charge is -2.28. The van der Waals surface area contributed by atoms with Gasteiger partial charge in [0.1, 0.15) is 4.21 Å². The van der Waals surface area contributed by atoms with Crippen molar-refractivity contribution < 1.29 is 17.9 Å². The maximum Gasteiger partial charge on any atom is 0.252 e. The van der Waals surface area contributed by atoms with E-state index < -0.39 is 15.6 Å². The molecule has 1 aromatic heterocycles. The summed E-state index contributed by atoms with van der Waals surface area (Å²) in [5.41, 5.74) is -0.129. The van der Waals surface area contributed by atoms with Gasteiger partial charge in [0.2, 0.25) is 10.0 Å². The smallest absolute Gasteiger partial charge is 0.252 e. The van der Waals surface area contributed by atoms with Crippen LogP contribution in [0.4, 0.5) is 0 Å². The second kappa shape index (κ2) is 4.86. The van der Waals surface area contributed by atoms with Gasteiger partial charge in [-0.25, -0.2) is 13.6 Å². The number of sulfonamides is 1. The first-order valence-electron chi connectivity index (χ1n) is 5.78. The van der Waals surface area contributed by atoms with Crippen LogP contribution in [-0.2, 0) is 14.8 Å². The Bertz CT molecular complexity index is 596. The highest BCUT2D eigenvalue weighted by molar-refractivity contribution is 7.91. The molecule has 1 aliphatic rings. The zero-order valence-electron chi connectivity index (χ0n) is 10.7. The fourth-order valence-corrected chi connectivity index (χ4v) is 3.50. The highest BCUT2D eigenvalue weighted by Crippen LogP contribution is 2.26. The van der Waals surface area contributed by atoms with E-state index in [0.29, 0.717) is 12.2 Å². The number of thiophene rings is 1. The molecule has 2 atom stereocenters. The van der Waals surface area contributed by atoms with Crippen LogP contribution in [0, 0.1) is 0 Å². The Balaban J connectivity index is 2.15. The number of nitrogens with two attached hydrogens (primary N) is 1. The van der Waals surface area contributed by atoms with Gasteiger partial charge in [0.05, 0.1) is 17.2 Å². The molecule has 2 unspecified atom stereocenters. The number of nitrogens with one attached hydrogen (secondary N) is 1. The largest absolute Gasteiger partial charge is 0.376 e. The quantitative estimate of drug-likeness (QED) is 0.858. The fraction of sp³-hybridized carbons (Fsp3) is 0.545. The van der Waals surface area contributed by atoms with Gasteiger partial charge in [-0.15, -0.1) is 11.3 Å². The lowest BCUT2D eigenvalue weighted by Crippen LogP contribution is -2.50. The maximum atomic E-state index is 12.1. The summed E-state index contributed by atoms with van der Waals surface area (Å²) in [6.07, 6.45) is 0.652. The van der Waals surface area contributed by atoms with Gasteiger partial charge >= 0.3 is 0 Å². The summed E-state index contributed by atoms with van der Waals surface area (Å²) in [7, 11) is -3.75. The molecule has 1 aliphatic heterocycles. The van der Waals surface area contributed by atoms with Gasteiger partial charge in [-0.1, -0.05) is 0 Å². The molecule has 1 amide bonds. The molecule has 106 valence electrons. The second-order valence-corrected chi connectivity index (χ2v) is 7.53. The van der Waals surface area contributed by atoms with Gasteiger partial charge in [-0.2, -0.15) is 0 Å². The molecule has 2 rings (SSSR count). The van der Waals surface area contributed by atoms with E-state index in [1.807, 2.05) is 13.8 Å². The molecule has 0 radical (unpaired) electrons. The highest BCUT2D eigenvalue weighted by Gasteiger charge is 2.38. The molecule has 0 spiro atoms. The van der Waals surface area contributed by atoms with Gasteiger partial charge in [0.15, 0.2) is 0 Å². The van der Waals surface area contributed by atoms with Crippen LogP contribution in [0.1, 0.15) is 30.6 Å². The Labute approximate surface area is 116 Å². The zero-order chi connectivity index (χ0) is 14.3. The monoisotopic (exact) mass is 304 g/mol. The summed E-state index contributed by atoms with van der Waals surface area (Å²) in [5, 5.41) is 9.39. The minimum Gasteiger partial charge on any atom is -0.376 e. The molecule has 0 aliphatic carbocycles. The lowest BCUT2D eigenvalue weighted by atomic mass is 9.94. The molecule has 1 fully saturated rings. The maximum absolute atomic E-state index is 12.1. The van der Waals surface area contributed by atoms with Gasteiger partial charge in [-0.05, 0) is 26.3 Å². The van der Waals surface area contributed by atoms with Crippen molar-refractivity contribution in [2.75, 3.05) is 6.61 Å². The van der Waals surface area contributed by atoms with Gasteiger partial charge in [-0.3, -0.25) is 4.79 Å². The standard InChI is InChI=1S/C11H16N2O4S2/c1-7-11(2,3-4-17-7)13-10(14)8-5-9(18-6-8)19(12,15)16/h5-7H,3-4H2,1-2H3,(H,13,14)(H2,12,15,16). The van der Waals surface area contributed by atoms with Crippen LogP contribution in [0.3, 0.4) is 0 Å². The first-order valence-corrected chi connectivity index (χ1v) is 8.20. The number of hydrogen-bond donors (Lipinski definition) is 2. The summed E-state index contributed by atoms with van der Waals surface area (Å²) in [5.74, 6) is -0.314. The summed E-state index contributed by atoms with van der Waals surface area (Å²) in [6, 6.07) is 1.29. The Morgan fingerprint density at radius 1 is 1.63 bits per heavy atom. The number of hydrogen-bond acceptors (Lipinski definition) is 5. The van der Waals surface area contributed by atoms with Crippen molar-refractivity contribution in [3.05, 3.63) is 17.0 Å². The Hall–Kier alpha value is -0.960. The number of primary sulfonamides is 1. The number of ether oxygens (including phenoxy) is 1. The topological polar surface area (TPSA) is 98.5 Å². The first-order chi connectivity index (χ1) is 8.72. The molecule has 0 aromatic carbocycles. The predicted octanol–water partition coefficient (Wildman–Crippen LogP) is 0.693. The van der Waals surface area contributed by atoms with Gasteiger partial charge in [0.25, 0.3) is 5.91 Å². The van der Waals surface area contributed by atoms with Crippen molar-refractivity contribution >= 4 is 27.3 Å². The summed E-state index contributed by atoms with van der Waals surface area (Å²) in [4.78, 5) is 12.1. The molecule has 6 nitrogen and oxygen atoms in total. The predicted molar refractivity (Wildman–Crippen MR) is 71.6 cm³/mol. The van der Waals surface area contributed by atoms with Crippen molar-refractivity contribution in [1.29, 1.82) is 0 Å². The van der Waals surface area contributed by atoms with Gasteiger partial charge in [0, 0.05) is 12.0 Å². The highest BCUT2D eigenvalue weighted by atomic mass is 32.2. The van der Waals surface area contributed by atoms with Crippen LogP contribution in [0.25, 0.3) is 0 Å². The molecule has 1 aromatic rings. The van der Waals surface area contributed by atoms with Crippen LogP contribution < -0.4 is 10.5 Å². The fourth-order valence-electron chi connectivity index (χ4n) is 1.92. The van der Waals surface area contributed by atoms with Crippen molar-refractivity contribution in [3.8, 4) is 0 Å². The minimum atomic E-state index is -3.75. The van der Waals surface area contributed by atoms with Crippen LogP contribution in [0.2, 0.25) is 0 Å². The lowest BCUT2D eigenvalue weighted by molar-refractivity contribution is 0.0727. The Morgan fingerprint density at radius 3 is 2.79 bits per heavy atom. The molecule has 2 heterocycles. The van der Waals surface area contributed by atoms with Crippen molar-refractivity contribution in [2.24, 2.45) is 5.14 Å². The van der Waals surface area contributed by atoms with E-state index in [2.05, 4.69) is 5.32 Å². The average Bonchev–Trinajstić information content (AvgIpc) is 2.86.